The lowest BCUT2D eigenvalue weighted by atomic mass is 10.4. The maximum atomic E-state index is 5.58. The van der Waals surface area contributed by atoms with Crippen LogP contribution in [0, 0.1) is 13.8 Å². The zero-order valence-corrected chi connectivity index (χ0v) is 8.70. The van der Waals surface area contributed by atoms with Crippen molar-refractivity contribution in [2.45, 2.75) is 20.8 Å². The minimum Gasteiger partial charge on any atom is -0.370 e. The average Bonchev–Trinajstić information content (AvgIpc) is 2.01. The van der Waals surface area contributed by atoms with E-state index < -0.39 is 0 Å². The number of rotatable bonds is 2. The van der Waals surface area contributed by atoms with Gasteiger partial charge >= 0.3 is 0 Å². The number of hydrogen-bond donors (Lipinski definition) is 2. The van der Waals surface area contributed by atoms with E-state index >= 15 is 0 Å². The average molecular weight is 193 g/mol. The molecule has 0 aliphatic carbocycles. The summed E-state index contributed by atoms with van der Waals surface area (Å²) in [7, 11) is 0. The molecular weight excluding hydrogens is 178 g/mol. The quantitative estimate of drug-likeness (QED) is 0.539. The first-order valence-corrected chi connectivity index (χ1v) is 4.51. The van der Waals surface area contributed by atoms with Crippen LogP contribution >= 0.6 is 0 Å². The number of aromatic nitrogens is 2. The highest BCUT2D eigenvalue weighted by Crippen LogP contribution is 2.02. The van der Waals surface area contributed by atoms with Crippen molar-refractivity contribution in [3.63, 3.8) is 0 Å². The molecule has 0 aromatic carbocycles. The molecule has 0 saturated heterocycles. The summed E-state index contributed by atoms with van der Waals surface area (Å²) in [6.07, 6.45) is 0. The molecule has 1 rings (SSSR count). The Kier molecular flexibility index (Phi) is 3.39. The van der Waals surface area contributed by atoms with Crippen LogP contribution in [-0.2, 0) is 0 Å². The third kappa shape index (κ3) is 3.01. The van der Waals surface area contributed by atoms with Gasteiger partial charge in [0.15, 0.2) is 5.96 Å². The number of anilines is 1. The fourth-order valence-corrected chi connectivity index (χ4v) is 1.11. The number of hydrogen-bond acceptors (Lipinski definition) is 3. The van der Waals surface area contributed by atoms with Gasteiger partial charge in [0.25, 0.3) is 0 Å². The van der Waals surface area contributed by atoms with Crippen LogP contribution < -0.4 is 11.1 Å². The molecule has 0 radical (unpaired) electrons. The van der Waals surface area contributed by atoms with Gasteiger partial charge in [-0.05, 0) is 26.8 Å². The van der Waals surface area contributed by atoms with Crippen molar-refractivity contribution in [1.82, 2.24) is 9.97 Å². The Hall–Kier alpha value is -1.65. The molecule has 0 unspecified atom stereocenters. The van der Waals surface area contributed by atoms with E-state index in [2.05, 4.69) is 20.3 Å². The highest BCUT2D eigenvalue weighted by molar-refractivity contribution is 5.90. The van der Waals surface area contributed by atoms with Gasteiger partial charge in [0.05, 0.1) is 0 Å². The predicted octanol–water partition coefficient (Wildman–Crippen LogP) is 0.840. The fraction of sp³-hybridized carbons (Fsp3) is 0.444. The van der Waals surface area contributed by atoms with Crippen LogP contribution in [0.15, 0.2) is 11.1 Å². The van der Waals surface area contributed by atoms with Gasteiger partial charge in [0.1, 0.15) is 0 Å². The second-order valence-electron chi connectivity index (χ2n) is 2.96. The van der Waals surface area contributed by atoms with E-state index in [1.54, 1.807) is 0 Å². The van der Waals surface area contributed by atoms with Crippen LogP contribution in [-0.4, -0.2) is 22.5 Å². The van der Waals surface area contributed by atoms with Crippen LogP contribution in [0.3, 0.4) is 0 Å². The lowest BCUT2D eigenvalue weighted by molar-refractivity contribution is 1.05. The van der Waals surface area contributed by atoms with Gasteiger partial charge in [0.2, 0.25) is 5.95 Å². The zero-order chi connectivity index (χ0) is 10.6. The van der Waals surface area contributed by atoms with Crippen LogP contribution in [0.25, 0.3) is 0 Å². The Balaban J connectivity index is 2.81. The normalized spacial score (nSPS) is 11.5. The van der Waals surface area contributed by atoms with E-state index in [-0.39, 0.29) is 0 Å². The summed E-state index contributed by atoms with van der Waals surface area (Å²) in [6.45, 7) is 6.38. The number of nitrogens with two attached hydrogens (primary N) is 1. The summed E-state index contributed by atoms with van der Waals surface area (Å²) in [6, 6.07) is 1.90. The smallest absolute Gasteiger partial charge is 0.229 e. The molecule has 3 N–H and O–H groups in total. The molecule has 76 valence electrons. The van der Waals surface area contributed by atoms with Gasteiger partial charge in [-0.15, -0.1) is 0 Å². The van der Waals surface area contributed by atoms with E-state index in [1.807, 2.05) is 26.8 Å². The van der Waals surface area contributed by atoms with E-state index in [0.717, 1.165) is 11.4 Å². The van der Waals surface area contributed by atoms with Crippen molar-refractivity contribution in [2.75, 3.05) is 11.9 Å². The maximum Gasteiger partial charge on any atom is 0.229 e. The van der Waals surface area contributed by atoms with Gasteiger partial charge < -0.3 is 5.73 Å². The Morgan fingerprint density at radius 3 is 2.50 bits per heavy atom. The summed E-state index contributed by atoms with van der Waals surface area (Å²) >= 11 is 0. The number of aryl methyl sites for hydroxylation is 2. The molecular formula is C9H15N5. The van der Waals surface area contributed by atoms with Gasteiger partial charge in [-0.25, -0.2) is 9.97 Å². The minimum absolute atomic E-state index is 0.345. The molecule has 0 aliphatic heterocycles. The molecule has 0 fully saturated rings. The Labute approximate surface area is 83.5 Å². The summed E-state index contributed by atoms with van der Waals surface area (Å²) in [4.78, 5) is 12.3. The largest absolute Gasteiger partial charge is 0.370 e. The van der Waals surface area contributed by atoms with Crippen molar-refractivity contribution in [2.24, 2.45) is 10.7 Å². The number of nitrogens with one attached hydrogen (secondary N) is 1. The predicted molar refractivity (Wildman–Crippen MR) is 57.3 cm³/mol. The van der Waals surface area contributed by atoms with Crippen molar-refractivity contribution >= 4 is 11.9 Å². The second-order valence-corrected chi connectivity index (χ2v) is 2.96. The van der Waals surface area contributed by atoms with Crippen LogP contribution in [0.5, 0.6) is 0 Å². The van der Waals surface area contributed by atoms with Crippen LogP contribution in [0.2, 0.25) is 0 Å². The van der Waals surface area contributed by atoms with E-state index in [4.69, 9.17) is 5.73 Å². The van der Waals surface area contributed by atoms with Gasteiger partial charge in [-0.2, -0.15) is 0 Å². The summed E-state index contributed by atoms with van der Waals surface area (Å²) in [5.74, 6) is 0.842. The zero-order valence-electron chi connectivity index (χ0n) is 8.70. The molecule has 1 aromatic rings. The first-order valence-electron chi connectivity index (χ1n) is 4.51. The standard InChI is InChI=1S/C9H15N5/c1-4-11-8(10)14-9-12-6(2)5-7(3)13-9/h5H,4H2,1-3H3,(H3,10,11,12,13,14). The molecule has 5 nitrogen and oxygen atoms in total. The Bertz CT molecular complexity index is 325. The maximum absolute atomic E-state index is 5.58. The SMILES string of the molecule is CCN=C(N)Nc1nc(C)cc(C)n1. The fourth-order valence-electron chi connectivity index (χ4n) is 1.11. The molecule has 5 heteroatoms. The number of nitrogens with zero attached hydrogens (tertiary/aromatic N) is 3. The molecule has 14 heavy (non-hydrogen) atoms. The third-order valence-corrected chi connectivity index (χ3v) is 1.55. The second kappa shape index (κ2) is 4.55. The topological polar surface area (TPSA) is 76.2 Å². The molecule has 0 bridgehead atoms. The Morgan fingerprint density at radius 2 is 2.00 bits per heavy atom. The van der Waals surface area contributed by atoms with Crippen molar-refractivity contribution < 1.29 is 0 Å². The lowest BCUT2D eigenvalue weighted by Gasteiger charge is -2.04. The highest BCUT2D eigenvalue weighted by Gasteiger charge is 1.99. The molecule has 0 aliphatic rings. The summed E-state index contributed by atoms with van der Waals surface area (Å²) in [5.41, 5.74) is 7.39. The minimum atomic E-state index is 0.345. The Morgan fingerprint density at radius 1 is 1.43 bits per heavy atom. The van der Waals surface area contributed by atoms with Crippen LogP contribution in [0.1, 0.15) is 18.3 Å². The number of guanidine groups is 1. The van der Waals surface area contributed by atoms with Crippen molar-refractivity contribution in [3.05, 3.63) is 17.5 Å². The third-order valence-electron chi connectivity index (χ3n) is 1.55. The number of aliphatic imine (C=N–C) groups is 1. The summed E-state index contributed by atoms with van der Waals surface area (Å²) < 4.78 is 0. The van der Waals surface area contributed by atoms with Gasteiger partial charge in [-0.3, -0.25) is 10.3 Å². The molecule has 0 spiro atoms. The first kappa shape index (κ1) is 10.4. The first-order chi connectivity index (χ1) is 6.61. The highest BCUT2D eigenvalue weighted by atomic mass is 15.2. The molecule has 1 heterocycles. The van der Waals surface area contributed by atoms with E-state index in [1.165, 1.54) is 0 Å². The van der Waals surface area contributed by atoms with Crippen molar-refractivity contribution in [1.29, 1.82) is 0 Å². The van der Waals surface area contributed by atoms with Gasteiger partial charge in [-0.1, -0.05) is 0 Å². The molecule has 0 saturated carbocycles. The molecule has 1 aromatic heterocycles. The van der Waals surface area contributed by atoms with Gasteiger partial charge in [0, 0.05) is 17.9 Å². The van der Waals surface area contributed by atoms with E-state index in [0.29, 0.717) is 18.5 Å². The van der Waals surface area contributed by atoms with Crippen molar-refractivity contribution in [3.8, 4) is 0 Å². The summed E-state index contributed by atoms with van der Waals surface area (Å²) in [5, 5.41) is 2.83. The van der Waals surface area contributed by atoms with Crippen LogP contribution in [0.4, 0.5) is 5.95 Å². The molecule has 0 amide bonds. The molecule has 0 atom stereocenters. The lowest BCUT2D eigenvalue weighted by Crippen LogP contribution is -2.24. The van der Waals surface area contributed by atoms with E-state index in [9.17, 15) is 0 Å². The monoisotopic (exact) mass is 193 g/mol.